The Morgan fingerprint density at radius 1 is 0.800 bits per heavy atom. The molecule has 0 aliphatic carbocycles. The lowest BCUT2D eigenvalue weighted by Gasteiger charge is -2.17. The first-order valence-corrected chi connectivity index (χ1v) is 9.73. The topological polar surface area (TPSA) is 78.5 Å². The average molecular weight is 399 g/mol. The highest BCUT2D eigenvalue weighted by Crippen LogP contribution is 2.26. The van der Waals surface area contributed by atoms with Crippen molar-refractivity contribution in [3.63, 3.8) is 0 Å². The van der Waals surface area contributed by atoms with Crippen molar-refractivity contribution < 1.29 is 14.4 Å². The van der Waals surface area contributed by atoms with Gasteiger partial charge in [0.2, 0.25) is 11.8 Å². The fraction of sp³-hybridized carbons (Fsp3) is 0.125. The zero-order chi connectivity index (χ0) is 20.9. The van der Waals surface area contributed by atoms with Gasteiger partial charge in [0.25, 0.3) is 5.91 Å². The van der Waals surface area contributed by atoms with E-state index < -0.39 is 5.92 Å². The van der Waals surface area contributed by atoms with E-state index >= 15 is 0 Å². The Morgan fingerprint density at radius 2 is 1.43 bits per heavy atom. The average Bonchev–Trinajstić information content (AvgIpc) is 3.17. The van der Waals surface area contributed by atoms with Crippen LogP contribution in [0.15, 0.2) is 84.9 Å². The first kappa shape index (κ1) is 19.4. The standard InChI is InChI=1S/C24H21N3O3/c28-22-15-17(16-27(22)19-11-5-2-6-12-19)23(29)26-21-14-8-7-13-20(21)24(30)25-18-9-3-1-4-10-18/h1-14,17H,15-16H2,(H,25,30)(H,26,29)/t17-/m0/s1. The van der Waals surface area contributed by atoms with Crippen LogP contribution in [0, 0.1) is 5.92 Å². The summed E-state index contributed by atoms with van der Waals surface area (Å²) in [6, 6.07) is 25.2. The van der Waals surface area contributed by atoms with E-state index in [1.807, 2.05) is 48.5 Å². The largest absolute Gasteiger partial charge is 0.325 e. The molecule has 0 bridgehead atoms. The van der Waals surface area contributed by atoms with Crippen LogP contribution in [0.3, 0.4) is 0 Å². The van der Waals surface area contributed by atoms with Gasteiger partial charge in [-0.1, -0.05) is 48.5 Å². The molecule has 0 spiro atoms. The first-order chi connectivity index (χ1) is 14.6. The van der Waals surface area contributed by atoms with Gasteiger partial charge in [0.1, 0.15) is 0 Å². The SMILES string of the molecule is O=C(Nc1ccccc1)c1ccccc1NC(=O)[C@H]1CC(=O)N(c2ccccc2)C1. The summed E-state index contributed by atoms with van der Waals surface area (Å²) in [4.78, 5) is 39.6. The van der Waals surface area contributed by atoms with Crippen molar-refractivity contribution in [2.24, 2.45) is 5.92 Å². The van der Waals surface area contributed by atoms with Crippen LogP contribution in [-0.2, 0) is 9.59 Å². The van der Waals surface area contributed by atoms with Crippen LogP contribution < -0.4 is 15.5 Å². The second kappa shape index (κ2) is 8.61. The second-order valence-electron chi connectivity index (χ2n) is 7.10. The summed E-state index contributed by atoms with van der Waals surface area (Å²) in [5, 5.41) is 5.66. The monoisotopic (exact) mass is 399 g/mol. The third kappa shape index (κ3) is 4.22. The van der Waals surface area contributed by atoms with Crippen LogP contribution in [0.5, 0.6) is 0 Å². The molecule has 0 saturated carbocycles. The number of anilines is 3. The van der Waals surface area contributed by atoms with Crippen LogP contribution in [0.4, 0.5) is 17.1 Å². The van der Waals surface area contributed by atoms with Gasteiger partial charge in [-0.05, 0) is 36.4 Å². The fourth-order valence-electron chi connectivity index (χ4n) is 3.49. The van der Waals surface area contributed by atoms with Gasteiger partial charge in [-0.15, -0.1) is 0 Å². The van der Waals surface area contributed by atoms with Crippen molar-refractivity contribution in [1.82, 2.24) is 0 Å². The number of carbonyl (C=O) groups is 3. The molecule has 6 heteroatoms. The molecule has 1 aliphatic heterocycles. The van der Waals surface area contributed by atoms with Crippen molar-refractivity contribution >= 4 is 34.8 Å². The summed E-state index contributed by atoms with van der Waals surface area (Å²) >= 11 is 0. The van der Waals surface area contributed by atoms with Gasteiger partial charge in [0.15, 0.2) is 0 Å². The Kier molecular flexibility index (Phi) is 5.57. The minimum absolute atomic E-state index is 0.0866. The lowest BCUT2D eigenvalue weighted by atomic mass is 10.1. The molecular weight excluding hydrogens is 378 g/mol. The minimum atomic E-state index is -0.483. The van der Waals surface area contributed by atoms with Crippen LogP contribution in [-0.4, -0.2) is 24.3 Å². The molecule has 1 fully saturated rings. The molecule has 150 valence electrons. The summed E-state index contributed by atoms with van der Waals surface area (Å²) in [7, 11) is 0. The van der Waals surface area contributed by atoms with E-state index in [1.165, 1.54) is 0 Å². The van der Waals surface area contributed by atoms with Gasteiger partial charge in [0, 0.05) is 24.3 Å². The first-order valence-electron chi connectivity index (χ1n) is 9.73. The molecule has 6 nitrogen and oxygen atoms in total. The third-order valence-corrected chi connectivity index (χ3v) is 5.02. The normalized spacial score (nSPS) is 15.7. The number of nitrogens with one attached hydrogen (secondary N) is 2. The van der Waals surface area contributed by atoms with Crippen LogP contribution >= 0.6 is 0 Å². The van der Waals surface area contributed by atoms with E-state index in [2.05, 4.69) is 10.6 Å². The van der Waals surface area contributed by atoms with Crippen molar-refractivity contribution in [2.45, 2.75) is 6.42 Å². The molecule has 4 rings (SSSR count). The minimum Gasteiger partial charge on any atom is -0.325 e. The van der Waals surface area contributed by atoms with E-state index in [9.17, 15) is 14.4 Å². The number of amides is 3. The van der Waals surface area contributed by atoms with Gasteiger partial charge in [-0.2, -0.15) is 0 Å². The number of nitrogens with zero attached hydrogens (tertiary/aromatic N) is 1. The lowest BCUT2D eigenvalue weighted by Crippen LogP contribution is -2.28. The Morgan fingerprint density at radius 3 is 2.17 bits per heavy atom. The molecule has 30 heavy (non-hydrogen) atoms. The summed E-state index contributed by atoms with van der Waals surface area (Å²) in [6.07, 6.45) is 0.138. The quantitative estimate of drug-likeness (QED) is 0.682. The van der Waals surface area contributed by atoms with E-state index in [1.54, 1.807) is 41.3 Å². The number of para-hydroxylation sites is 3. The van der Waals surface area contributed by atoms with Crippen LogP contribution in [0.2, 0.25) is 0 Å². The maximum atomic E-state index is 12.8. The maximum Gasteiger partial charge on any atom is 0.257 e. The van der Waals surface area contributed by atoms with E-state index in [0.717, 1.165) is 5.69 Å². The van der Waals surface area contributed by atoms with Crippen LogP contribution in [0.1, 0.15) is 16.8 Å². The van der Waals surface area contributed by atoms with Gasteiger partial charge < -0.3 is 15.5 Å². The number of carbonyl (C=O) groups excluding carboxylic acids is 3. The lowest BCUT2D eigenvalue weighted by molar-refractivity contribution is -0.122. The van der Waals surface area contributed by atoms with E-state index in [4.69, 9.17) is 0 Å². The maximum absolute atomic E-state index is 12.8. The predicted molar refractivity (Wildman–Crippen MR) is 116 cm³/mol. The zero-order valence-corrected chi connectivity index (χ0v) is 16.2. The van der Waals surface area contributed by atoms with Crippen molar-refractivity contribution in [1.29, 1.82) is 0 Å². The molecule has 3 aromatic rings. The van der Waals surface area contributed by atoms with Crippen LogP contribution in [0.25, 0.3) is 0 Å². The predicted octanol–water partition coefficient (Wildman–Crippen LogP) is 3.93. The zero-order valence-electron chi connectivity index (χ0n) is 16.2. The van der Waals surface area contributed by atoms with Gasteiger partial charge in [-0.25, -0.2) is 0 Å². The number of hydrogen-bond donors (Lipinski definition) is 2. The van der Waals surface area contributed by atoms with Gasteiger partial charge >= 0.3 is 0 Å². The molecule has 1 heterocycles. The Bertz CT molecular complexity index is 1070. The Balaban J connectivity index is 1.46. The molecule has 0 unspecified atom stereocenters. The highest BCUT2D eigenvalue weighted by molar-refractivity contribution is 6.11. The Labute approximate surface area is 174 Å². The van der Waals surface area contributed by atoms with E-state index in [0.29, 0.717) is 23.5 Å². The molecule has 3 aromatic carbocycles. The Hall–Kier alpha value is -3.93. The molecule has 0 radical (unpaired) electrons. The molecule has 1 aliphatic rings. The van der Waals surface area contributed by atoms with Crippen molar-refractivity contribution in [2.75, 3.05) is 22.1 Å². The number of benzene rings is 3. The summed E-state index contributed by atoms with van der Waals surface area (Å²) in [6.45, 7) is 0.313. The molecule has 2 N–H and O–H groups in total. The van der Waals surface area contributed by atoms with Gasteiger partial charge in [0.05, 0.1) is 17.2 Å². The number of rotatable bonds is 5. The molecule has 3 amide bonds. The number of hydrogen-bond acceptors (Lipinski definition) is 3. The second-order valence-corrected chi connectivity index (χ2v) is 7.10. The highest BCUT2D eigenvalue weighted by Gasteiger charge is 2.35. The molecule has 1 saturated heterocycles. The molecule has 0 aromatic heterocycles. The highest BCUT2D eigenvalue weighted by atomic mass is 16.2. The summed E-state index contributed by atoms with van der Waals surface area (Å²) in [5.74, 6) is -1.16. The molecule has 1 atom stereocenters. The van der Waals surface area contributed by atoms with E-state index in [-0.39, 0.29) is 24.1 Å². The van der Waals surface area contributed by atoms with Crippen molar-refractivity contribution in [3.05, 3.63) is 90.5 Å². The van der Waals surface area contributed by atoms with Crippen molar-refractivity contribution in [3.8, 4) is 0 Å². The molecular formula is C24H21N3O3. The summed E-state index contributed by atoms with van der Waals surface area (Å²) < 4.78 is 0. The summed E-state index contributed by atoms with van der Waals surface area (Å²) in [5.41, 5.74) is 2.23. The fourth-order valence-corrected chi connectivity index (χ4v) is 3.49. The van der Waals surface area contributed by atoms with Gasteiger partial charge in [-0.3, -0.25) is 14.4 Å². The smallest absolute Gasteiger partial charge is 0.257 e. The third-order valence-electron chi connectivity index (χ3n) is 5.02.